The van der Waals surface area contributed by atoms with Gasteiger partial charge in [0.25, 0.3) is 0 Å². The van der Waals surface area contributed by atoms with Gasteiger partial charge in [-0.25, -0.2) is 0 Å². The molecule has 2 N–H and O–H groups in total. The van der Waals surface area contributed by atoms with Crippen molar-refractivity contribution >= 4 is 0 Å². The van der Waals surface area contributed by atoms with Gasteiger partial charge in [-0.3, -0.25) is 0 Å². The van der Waals surface area contributed by atoms with E-state index in [4.69, 9.17) is 0 Å². The molecule has 0 bridgehead atoms. The molecule has 3 unspecified atom stereocenters. The fourth-order valence-corrected chi connectivity index (χ4v) is 3.09. The van der Waals surface area contributed by atoms with Crippen LogP contribution in [-0.2, 0) is 0 Å². The number of aliphatic hydroxyl groups is 1. The van der Waals surface area contributed by atoms with Crippen molar-refractivity contribution in [3.8, 4) is 0 Å². The van der Waals surface area contributed by atoms with E-state index in [0.717, 1.165) is 19.3 Å². The molecule has 1 aliphatic carbocycles. The van der Waals surface area contributed by atoms with E-state index in [2.05, 4.69) is 36.5 Å². The van der Waals surface area contributed by atoms with Crippen LogP contribution < -0.4 is 5.32 Å². The summed E-state index contributed by atoms with van der Waals surface area (Å²) in [5.74, 6) is 0.264. The molecule has 1 aromatic rings. The van der Waals surface area contributed by atoms with E-state index in [0.29, 0.717) is 0 Å². The van der Waals surface area contributed by atoms with E-state index in [9.17, 15) is 5.11 Å². The highest BCUT2D eigenvalue weighted by molar-refractivity contribution is 5.25. The van der Waals surface area contributed by atoms with Crippen molar-refractivity contribution in [2.45, 2.75) is 50.2 Å². The van der Waals surface area contributed by atoms with Gasteiger partial charge in [0.2, 0.25) is 0 Å². The van der Waals surface area contributed by atoms with Crippen LogP contribution in [0.2, 0.25) is 0 Å². The average molecular weight is 233 g/mol. The summed E-state index contributed by atoms with van der Waals surface area (Å²) in [7, 11) is 1.93. The summed E-state index contributed by atoms with van der Waals surface area (Å²) in [6, 6.07) is 10.6. The molecule has 0 radical (unpaired) electrons. The SMILES string of the molecule is CNC(C)C1(O)CCCCC1c1ccccc1. The summed E-state index contributed by atoms with van der Waals surface area (Å²) in [6.07, 6.45) is 4.34. The van der Waals surface area contributed by atoms with Gasteiger partial charge in [0.15, 0.2) is 0 Å². The zero-order chi connectivity index (χ0) is 12.3. The van der Waals surface area contributed by atoms with E-state index >= 15 is 0 Å². The molecule has 0 saturated heterocycles. The van der Waals surface area contributed by atoms with Gasteiger partial charge in [-0.2, -0.15) is 0 Å². The quantitative estimate of drug-likeness (QED) is 0.841. The van der Waals surface area contributed by atoms with Crippen molar-refractivity contribution in [3.63, 3.8) is 0 Å². The zero-order valence-electron chi connectivity index (χ0n) is 10.8. The minimum absolute atomic E-state index is 0.132. The van der Waals surface area contributed by atoms with Gasteiger partial charge >= 0.3 is 0 Å². The van der Waals surface area contributed by atoms with Crippen molar-refractivity contribution in [3.05, 3.63) is 35.9 Å². The Morgan fingerprint density at radius 2 is 2.00 bits per heavy atom. The first-order chi connectivity index (χ1) is 8.18. The van der Waals surface area contributed by atoms with Crippen LogP contribution in [0, 0.1) is 0 Å². The Kier molecular flexibility index (Phi) is 3.85. The second-order valence-electron chi connectivity index (χ2n) is 5.21. The molecule has 1 aromatic carbocycles. The second kappa shape index (κ2) is 5.19. The largest absolute Gasteiger partial charge is 0.388 e. The molecule has 0 heterocycles. The fourth-order valence-electron chi connectivity index (χ4n) is 3.09. The third kappa shape index (κ3) is 2.38. The van der Waals surface area contributed by atoms with Crippen molar-refractivity contribution < 1.29 is 5.11 Å². The van der Waals surface area contributed by atoms with E-state index in [1.54, 1.807) is 0 Å². The Balaban J connectivity index is 2.29. The summed E-state index contributed by atoms with van der Waals surface area (Å²) >= 11 is 0. The lowest BCUT2D eigenvalue weighted by Gasteiger charge is -2.44. The van der Waals surface area contributed by atoms with Crippen molar-refractivity contribution in [2.75, 3.05) is 7.05 Å². The van der Waals surface area contributed by atoms with Crippen LogP contribution >= 0.6 is 0 Å². The summed E-state index contributed by atoms with van der Waals surface area (Å²) < 4.78 is 0. The summed E-state index contributed by atoms with van der Waals surface area (Å²) in [4.78, 5) is 0. The highest BCUT2D eigenvalue weighted by atomic mass is 16.3. The van der Waals surface area contributed by atoms with Gasteiger partial charge in [0, 0.05) is 12.0 Å². The van der Waals surface area contributed by atoms with Crippen LogP contribution in [0.25, 0.3) is 0 Å². The molecule has 1 aliphatic rings. The number of nitrogens with one attached hydrogen (secondary N) is 1. The number of hydrogen-bond donors (Lipinski definition) is 2. The molecule has 94 valence electrons. The van der Waals surface area contributed by atoms with Gasteiger partial charge in [-0.05, 0) is 32.4 Å². The fraction of sp³-hybridized carbons (Fsp3) is 0.600. The van der Waals surface area contributed by atoms with Crippen LogP contribution in [-0.4, -0.2) is 23.8 Å². The minimum atomic E-state index is -0.603. The standard InChI is InChI=1S/C15H23NO/c1-12(16-2)15(17)11-7-6-10-14(15)13-8-4-3-5-9-13/h3-5,8-9,12,14,16-17H,6-7,10-11H2,1-2H3. The van der Waals surface area contributed by atoms with Crippen LogP contribution in [0.5, 0.6) is 0 Å². The Morgan fingerprint density at radius 1 is 1.29 bits per heavy atom. The second-order valence-corrected chi connectivity index (χ2v) is 5.21. The molecule has 0 aromatic heterocycles. The van der Waals surface area contributed by atoms with Gasteiger partial charge in [-0.15, -0.1) is 0 Å². The van der Waals surface area contributed by atoms with Gasteiger partial charge in [0.05, 0.1) is 5.60 Å². The molecular formula is C15H23NO. The lowest BCUT2D eigenvalue weighted by molar-refractivity contribution is -0.0426. The molecule has 1 fully saturated rings. The van der Waals surface area contributed by atoms with Crippen LogP contribution in [0.4, 0.5) is 0 Å². The average Bonchev–Trinajstić information content (AvgIpc) is 2.39. The molecule has 2 nitrogen and oxygen atoms in total. The third-order valence-electron chi connectivity index (χ3n) is 4.31. The predicted octanol–water partition coefficient (Wildman–Crippen LogP) is 2.68. The summed E-state index contributed by atoms with van der Waals surface area (Å²) in [5, 5.41) is 14.2. The smallest absolute Gasteiger partial charge is 0.0865 e. The molecule has 0 spiro atoms. The van der Waals surface area contributed by atoms with Gasteiger partial charge in [-0.1, -0.05) is 43.2 Å². The van der Waals surface area contributed by atoms with E-state index in [-0.39, 0.29) is 12.0 Å². The van der Waals surface area contributed by atoms with Crippen molar-refractivity contribution in [2.24, 2.45) is 0 Å². The van der Waals surface area contributed by atoms with Crippen LogP contribution in [0.1, 0.15) is 44.1 Å². The first kappa shape index (κ1) is 12.6. The highest BCUT2D eigenvalue weighted by Crippen LogP contribution is 2.42. The Bertz CT molecular complexity index is 351. The highest BCUT2D eigenvalue weighted by Gasteiger charge is 2.43. The first-order valence-electron chi connectivity index (χ1n) is 6.63. The number of rotatable bonds is 3. The molecule has 0 aliphatic heterocycles. The van der Waals surface area contributed by atoms with Crippen molar-refractivity contribution in [1.82, 2.24) is 5.32 Å². The van der Waals surface area contributed by atoms with Gasteiger partial charge in [0.1, 0.15) is 0 Å². The van der Waals surface area contributed by atoms with Crippen molar-refractivity contribution in [1.29, 1.82) is 0 Å². The Labute approximate surface area is 104 Å². The lowest BCUT2D eigenvalue weighted by Crippen LogP contribution is -2.53. The number of benzene rings is 1. The zero-order valence-corrected chi connectivity index (χ0v) is 10.8. The van der Waals surface area contributed by atoms with Crippen LogP contribution in [0.15, 0.2) is 30.3 Å². The topological polar surface area (TPSA) is 32.3 Å². The molecule has 2 rings (SSSR count). The normalized spacial score (nSPS) is 31.1. The minimum Gasteiger partial charge on any atom is -0.388 e. The maximum absolute atomic E-state index is 11.0. The maximum atomic E-state index is 11.0. The Morgan fingerprint density at radius 3 is 2.65 bits per heavy atom. The molecule has 3 atom stereocenters. The number of hydrogen-bond acceptors (Lipinski definition) is 2. The first-order valence-corrected chi connectivity index (χ1v) is 6.63. The lowest BCUT2D eigenvalue weighted by atomic mass is 9.69. The third-order valence-corrected chi connectivity index (χ3v) is 4.31. The summed E-state index contributed by atoms with van der Waals surface area (Å²) in [6.45, 7) is 2.08. The molecule has 1 saturated carbocycles. The monoisotopic (exact) mass is 233 g/mol. The van der Waals surface area contributed by atoms with Crippen LogP contribution in [0.3, 0.4) is 0 Å². The molecule has 2 heteroatoms. The van der Waals surface area contributed by atoms with E-state index in [1.165, 1.54) is 12.0 Å². The summed E-state index contributed by atoms with van der Waals surface area (Å²) in [5.41, 5.74) is 0.672. The Hall–Kier alpha value is -0.860. The maximum Gasteiger partial charge on any atom is 0.0865 e. The number of likely N-dealkylation sites (N-methyl/N-ethyl adjacent to an activating group) is 1. The molecule has 17 heavy (non-hydrogen) atoms. The molecule has 0 amide bonds. The van der Waals surface area contributed by atoms with E-state index in [1.807, 2.05) is 13.1 Å². The van der Waals surface area contributed by atoms with Gasteiger partial charge < -0.3 is 10.4 Å². The molecular weight excluding hydrogens is 210 g/mol. The van der Waals surface area contributed by atoms with E-state index < -0.39 is 5.60 Å². The predicted molar refractivity (Wildman–Crippen MR) is 71.1 cm³/mol.